The molecule has 0 amide bonds. The minimum absolute atomic E-state index is 0.147. The standard InChI is InChI=1S/C71H104O6/c1-4-7-10-13-16-19-22-25-27-28-29-30-31-32-33-34-35-36-37-38-39-40-41-42-44-46-49-52-55-58-61-64-70(73)76-67-68(66-75-69(72)63-60-57-54-51-48-45-24-21-18-15-12-9-6-3)77-71(74)65-62-59-56-53-50-47-43-26-23-20-17-14-11-8-5-2/h7-12,16-21,25-27,29-30,32-33,35-36,38-39,41-43,45-46,48-50,53-54,57,68H,4-6,13-15,22-24,28,31,34,37,40,44,47,51-52,55-56,58-67H2,1-3H3/b10-7-,11-8-,12-9-,19-16-,20-17-,21-18-,27-25-,30-29-,33-32-,36-35-,39-38-,42-41-,43-26-,48-45-,49-46-,53-50-,57-54-. The van der Waals surface area contributed by atoms with Crippen LogP contribution in [-0.2, 0) is 28.6 Å². The first-order valence-corrected chi connectivity index (χ1v) is 29.6. The zero-order chi connectivity index (χ0) is 55.7. The van der Waals surface area contributed by atoms with Gasteiger partial charge in [0.1, 0.15) is 13.2 Å². The number of ether oxygens (including phenoxy) is 3. The lowest BCUT2D eigenvalue weighted by Gasteiger charge is -2.18. The van der Waals surface area contributed by atoms with Crippen molar-refractivity contribution in [1.82, 2.24) is 0 Å². The average Bonchev–Trinajstić information content (AvgIpc) is 3.43. The molecule has 77 heavy (non-hydrogen) atoms. The lowest BCUT2D eigenvalue weighted by molar-refractivity contribution is -0.166. The number of rotatable bonds is 50. The van der Waals surface area contributed by atoms with E-state index in [1.165, 1.54) is 0 Å². The van der Waals surface area contributed by atoms with Crippen LogP contribution in [0.4, 0.5) is 0 Å². The molecule has 0 aromatic carbocycles. The summed E-state index contributed by atoms with van der Waals surface area (Å²) in [6.07, 6.45) is 97.0. The molecule has 0 radical (unpaired) electrons. The van der Waals surface area contributed by atoms with Crippen LogP contribution in [0.3, 0.4) is 0 Å². The van der Waals surface area contributed by atoms with Crippen LogP contribution < -0.4 is 0 Å². The topological polar surface area (TPSA) is 78.9 Å². The van der Waals surface area contributed by atoms with Gasteiger partial charge in [-0.25, -0.2) is 0 Å². The second-order valence-corrected chi connectivity index (χ2v) is 18.4. The Balaban J connectivity index is 4.50. The fourth-order valence-corrected chi connectivity index (χ4v) is 6.97. The van der Waals surface area contributed by atoms with Crippen LogP contribution >= 0.6 is 0 Å². The molecule has 6 heteroatoms. The number of esters is 3. The van der Waals surface area contributed by atoms with Crippen LogP contribution in [-0.4, -0.2) is 37.2 Å². The van der Waals surface area contributed by atoms with Gasteiger partial charge in [-0.2, -0.15) is 0 Å². The summed E-state index contributed by atoms with van der Waals surface area (Å²) in [5.74, 6) is -1.12. The molecule has 0 bridgehead atoms. The molecule has 424 valence electrons. The van der Waals surface area contributed by atoms with Gasteiger partial charge in [-0.3, -0.25) is 14.4 Å². The first-order valence-electron chi connectivity index (χ1n) is 29.6. The SMILES string of the molecule is CC/C=C\C/C=C\C/C=C\C/C=C\C/C=C\C/C=C\C/C=C\C/C=C\C/C=C\CCCCCC(=O)OCC(COC(=O)CC/C=C\C/C=C\C/C=C\C/C=C\CC)OC(=O)CCCC/C=C\C/C=C\C/C=C\C/C=C\CC. The van der Waals surface area contributed by atoms with Crippen molar-refractivity contribution in [2.24, 2.45) is 0 Å². The Morgan fingerprint density at radius 3 is 0.805 bits per heavy atom. The monoisotopic (exact) mass is 1050 g/mol. The molecule has 0 aromatic rings. The van der Waals surface area contributed by atoms with E-state index in [-0.39, 0.29) is 50.4 Å². The highest BCUT2D eigenvalue weighted by Gasteiger charge is 2.19. The molecule has 0 aliphatic heterocycles. The number of carbonyl (C=O) groups excluding carboxylic acids is 3. The number of hydrogen-bond donors (Lipinski definition) is 0. The predicted octanol–water partition coefficient (Wildman–Crippen LogP) is 20.4. The highest BCUT2D eigenvalue weighted by molar-refractivity contribution is 5.71. The third-order valence-corrected chi connectivity index (χ3v) is 11.3. The average molecular weight is 1050 g/mol. The van der Waals surface area contributed by atoms with E-state index in [0.717, 1.165) is 141 Å². The number of carbonyl (C=O) groups is 3. The van der Waals surface area contributed by atoms with Crippen LogP contribution in [0.5, 0.6) is 0 Å². The van der Waals surface area contributed by atoms with Gasteiger partial charge in [0.05, 0.1) is 0 Å². The van der Waals surface area contributed by atoms with Crippen molar-refractivity contribution in [3.05, 3.63) is 207 Å². The van der Waals surface area contributed by atoms with Gasteiger partial charge in [-0.1, -0.05) is 234 Å². The normalized spacial score (nSPS) is 13.6. The highest BCUT2D eigenvalue weighted by atomic mass is 16.6. The van der Waals surface area contributed by atoms with Gasteiger partial charge in [-0.15, -0.1) is 0 Å². The molecule has 0 aliphatic carbocycles. The molecular weight excluding hydrogens is 949 g/mol. The van der Waals surface area contributed by atoms with Crippen molar-refractivity contribution < 1.29 is 28.6 Å². The second kappa shape index (κ2) is 62.5. The van der Waals surface area contributed by atoms with Crippen LogP contribution in [0.1, 0.15) is 201 Å². The second-order valence-electron chi connectivity index (χ2n) is 18.4. The van der Waals surface area contributed by atoms with E-state index >= 15 is 0 Å². The van der Waals surface area contributed by atoms with E-state index in [1.807, 2.05) is 12.2 Å². The van der Waals surface area contributed by atoms with Gasteiger partial charge in [-0.05, 0) is 154 Å². The molecule has 0 aliphatic rings. The zero-order valence-electron chi connectivity index (χ0n) is 48.4. The Bertz CT molecular complexity index is 1930. The summed E-state index contributed by atoms with van der Waals surface area (Å²) in [5, 5.41) is 0. The van der Waals surface area contributed by atoms with E-state index in [1.54, 1.807) is 0 Å². The number of hydrogen-bond acceptors (Lipinski definition) is 6. The molecule has 0 saturated carbocycles. The lowest BCUT2D eigenvalue weighted by Crippen LogP contribution is -2.30. The Hall–Kier alpha value is -6.01. The van der Waals surface area contributed by atoms with E-state index in [0.29, 0.717) is 19.3 Å². The first kappa shape index (κ1) is 71.0. The van der Waals surface area contributed by atoms with E-state index in [9.17, 15) is 14.4 Å². The van der Waals surface area contributed by atoms with Crippen molar-refractivity contribution in [3.8, 4) is 0 Å². The summed E-state index contributed by atoms with van der Waals surface area (Å²) in [4.78, 5) is 38.1. The molecule has 0 heterocycles. The lowest BCUT2D eigenvalue weighted by atomic mass is 10.1. The van der Waals surface area contributed by atoms with Gasteiger partial charge >= 0.3 is 17.9 Å². The molecule has 0 fully saturated rings. The van der Waals surface area contributed by atoms with Crippen molar-refractivity contribution in [3.63, 3.8) is 0 Å². The Morgan fingerprint density at radius 1 is 0.260 bits per heavy atom. The predicted molar refractivity (Wildman–Crippen MR) is 333 cm³/mol. The summed E-state index contributed by atoms with van der Waals surface area (Å²) >= 11 is 0. The molecule has 0 saturated heterocycles. The van der Waals surface area contributed by atoms with Gasteiger partial charge in [0.25, 0.3) is 0 Å². The number of unbranched alkanes of at least 4 members (excludes halogenated alkanes) is 5. The molecule has 1 unspecified atom stereocenters. The summed E-state index contributed by atoms with van der Waals surface area (Å²) in [6.45, 7) is 6.13. The zero-order valence-corrected chi connectivity index (χ0v) is 48.4. The molecule has 0 rings (SSSR count). The van der Waals surface area contributed by atoms with Gasteiger partial charge in [0.2, 0.25) is 0 Å². The Labute approximate surface area is 470 Å². The van der Waals surface area contributed by atoms with Crippen LogP contribution in [0.2, 0.25) is 0 Å². The molecule has 0 N–H and O–H groups in total. The van der Waals surface area contributed by atoms with E-state index in [2.05, 4.69) is 215 Å². The molecule has 0 spiro atoms. The maximum Gasteiger partial charge on any atom is 0.306 e. The van der Waals surface area contributed by atoms with Gasteiger partial charge < -0.3 is 14.2 Å². The van der Waals surface area contributed by atoms with Gasteiger partial charge in [0.15, 0.2) is 6.10 Å². The van der Waals surface area contributed by atoms with Crippen molar-refractivity contribution >= 4 is 17.9 Å². The maximum atomic E-state index is 12.8. The quantitative estimate of drug-likeness (QED) is 0.0261. The van der Waals surface area contributed by atoms with Crippen molar-refractivity contribution in [2.45, 2.75) is 207 Å². The molecule has 1 atom stereocenters. The van der Waals surface area contributed by atoms with Crippen molar-refractivity contribution in [2.75, 3.05) is 13.2 Å². The van der Waals surface area contributed by atoms with Crippen LogP contribution in [0.15, 0.2) is 207 Å². The first-order chi connectivity index (χ1) is 38.0. The van der Waals surface area contributed by atoms with Gasteiger partial charge in [0, 0.05) is 19.3 Å². The fourth-order valence-electron chi connectivity index (χ4n) is 6.97. The largest absolute Gasteiger partial charge is 0.462 e. The number of allylic oxidation sites excluding steroid dienone is 34. The molecule has 6 nitrogen and oxygen atoms in total. The highest BCUT2D eigenvalue weighted by Crippen LogP contribution is 2.10. The fraction of sp³-hybridized carbons (Fsp3) is 0.479. The smallest absolute Gasteiger partial charge is 0.306 e. The summed E-state index contributed by atoms with van der Waals surface area (Å²) < 4.78 is 16.7. The minimum atomic E-state index is -0.856. The molecule has 0 aromatic heterocycles. The Morgan fingerprint density at radius 2 is 0.494 bits per heavy atom. The van der Waals surface area contributed by atoms with Crippen LogP contribution in [0.25, 0.3) is 0 Å². The third-order valence-electron chi connectivity index (χ3n) is 11.3. The summed E-state index contributed by atoms with van der Waals surface area (Å²) in [5.41, 5.74) is 0. The van der Waals surface area contributed by atoms with E-state index < -0.39 is 6.10 Å². The summed E-state index contributed by atoms with van der Waals surface area (Å²) in [7, 11) is 0. The Kier molecular flexibility index (Phi) is 57.6. The van der Waals surface area contributed by atoms with E-state index in [4.69, 9.17) is 14.2 Å². The third kappa shape index (κ3) is 60.7. The molecular formula is C71H104O6. The van der Waals surface area contributed by atoms with Crippen LogP contribution in [0, 0.1) is 0 Å². The summed E-state index contributed by atoms with van der Waals surface area (Å²) in [6, 6.07) is 0. The van der Waals surface area contributed by atoms with Crippen molar-refractivity contribution in [1.29, 1.82) is 0 Å². The minimum Gasteiger partial charge on any atom is -0.462 e. The maximum absolute atomic E-state index is 12.8.